The van der Waals surface area contributed by atoms with Crippen molar-refractivity contribution in [2.45, 2.75) is 25.9 Å². The molecule has 0 aliphatic carbocycles. The minimum absolute atomic E-state index is 0.0192. The largest absolute Gasteiger partial charge is 0.355 e. The summed E-state index contributed by atoms with van der Waals surface area (Å²) in [7, 11) is -3.84. The van der Waals surface area contributed by atoms with Gasteiger partial charge in [-0.05, 0) is 48.4 Å². The van der Waals surface area contributed by atoms with Gasteiger partial charge in [-0.1, -0.05) is 71.7 Å². The Morgan fingerprint density at radius 3 is 2.14 bits per heavy atom. The maximum Gasteiger partial charge on any atom is 0.244 e. The van der Waals surface area contributed by atoms with Crippen LogP contribution in [-0.2, 0) is 32.6 Å². The molecule has 0 aromatic heterocycles. The third-order valence-corrected chi connectivity index (χ3v) is 7.48. The summed E-state index contributed by atoms with van der Waals surface area (Å²) < 4.78 is 26.4. The number of rotatable bonds is 11. The first-order valence-electron chi connectivity index (χ1n) is 11.7. The Morgan fingerprint density at radius 1 is 0.919 bits per heavy atom. The Hall–Kier alpha value is -3.07. The molecule has 7 nitrogen and oxygen atoms in total. The van der Waals surface area contributed by atoms with Gasteiger partial charge in [0.15, 0.2) is 0 Å². The van der Waals surface area contributed by atoms with Crippen LogP contribution in [0, 0.1) is 0 Å². The molecule has 1 unspecified atom stereocenters. The summed E-state index contributed by atoms with van der Waals surface area (Å²) in [5.41, 5.74) is 1.78. The number of nitrogens with one attached hydrogen (secondary N) is 1. The lowest BCUT2D eigenvalue weighted by atomic mass is 10.0. The zero-order valence-corrected chi connectivity index (χ0v) is 22.9. The molecule has 196 valence electrons. The van der Waals surface area contributed by atoms with E-state index in [9.17, 15) is 18.0 Å². The van der Waals surface area contributed by atoms with E-state index in [2.05, 4.69) is 5.32 Å². The molecule has 0 fully saturated rings. The van der Waals surface area contributed by atoms with Crippen molar-refractivity contribution >= 4 is 50.7 Å². The van der Waals surface area contributed by atoms with Crippen LogP contribution in [0.5, 0.6) is 0 Å². The first-order chi connectivity index (χ1) is 17.6. The van der Waals surface area contributed by atoms with Crippen molar-refractivity contribution in [3.63, 3.8) is 0 Å². The Bertz CT molecular complexity index is 1320. The first-order valence-corrected chi connectivity index (χ1v) is 14.3. The Kier molecular flexibility index (Phi) is 9.97. The molecule has 0 bridgehead atoms. The summed E-state index contributed by atoms with van der Waals surface area (Å²) in [5.74, 6) is -0.892. The molecule has 0 saturated carbocycles. The van der Waals surface area contributed by atoms with Crippen LogP contribution in [0.2, 0.25) is 10.0 Å². The van der Waals surface area contributed by atoms with E-state index in [-0.39, 0.29) is 24.6 Å². The van der Waals surface area contributed by atoms with Crippen molar-refractivity contribution in [2.75, 3.05) is 23.7 Å². The number of anilines is 1. The first kappa shape index (κ1) is 28.5. The van der Waals surface area contributed by atoms with E-state index in [4.69, 9.17) is 23.2 Å². The van der Waals surface area contributed by atoms with E-state index in [1.54, 1.807) is 43.3 Å². The fraction of sp³-hybridized carbons (Fsp3) is 0.259. The summed E-state index contributed by atoms with van der Waals surface area (Å²) in [6.07, 6.45) is 1.27. The van der Waals surface area contributed by atoms with Gasteiger partial charge in [0.05, 0.1) is 11.9 Å². The predicted molar refractivity (Wildman–Crippen MR) is 148 cm³/mol. The van der Waals surface area contributed by atoms with Gasteiger partial charge in [-0.2, -0.15) is 0 Å². The number of sulfonamides is 1. The number of carbonyl (C=O) groups excluding carboxylic acids is 2. The van der Waals surface area contributed by atoms with Crippen LogP contribution < -0.4 is 9.62 Å². The molecule has 3 aromatic rings. The van der Waals surface area contributed by atoms with Gasteiger partial charge in [0.1, 0.15) is 12.6 Å². The third kappa shape index (κ3) is 7.95. The van der Waals surface area contributed by atoms with E-state index < -0.39 is 28.5 Å². The van der Waals surface area contributed by atoms with Crippen LogP contribution >= 0.6 is 23.2 Å². The van der Waals surface area contributed by atoms with Gasteiger partial charge < -0.3 is 10.2 Å². The zero-order chi connectivity index (χ0) is 27.0. The smallest absolute Gasteiger partial charge is 0.244 e. The molecule has 10 heteroatoms. The topological polar surface area (TPSA) is 86.8 Å². The van der Waals surface area contributed by atoms with Gasteiger partial charge >= 0.3 is 0 Å². The van der Waals surface area contributed by atoms with Gasteiger partial charge in [0.2, 0.25) is 21.8 Å². The van der Waals surface area contributed by atoms with E-state index in [1.165, 1.54) is 17.0 Å². The molecule has 3 rings (SSSR count). The van der Waals surface area contributed by atoms with Crippen LogP contribution in [0.15, 0.2) is 78.9 Å². The highest BCUT2D eigenvalue weighted by Gasteiger charge is 2.33. The van der Waals surface area contributed by atoms with Gasteiger partial charge in [-0.15, -0.1) is 0 Å². The second-order valence-corrected chi connectivity index (χ2v) is 11.2. The molecule has 0 aliphatic heterocycles. The molecular weight excluding hydrogens is 533 g/mol. The molecule has 0 saturated heterocycles. The Labute approximate surface area is 228 Å². The lowest BCUT2D eigenvalue weighted by Gasteiger charge is -2.33. The molecule has 0 heterocycles. The number of nitrogens with zero attached hydrogens (tertiary/aromatic N) is 2. The highest BCUT2D eigenvalue weighted by atomic mass is 35.5. The number of benzene rings is 3. The molecule has 1 atom stereocenters. The van der Waals surface area contributed by atoms with Crippen molar-refractivity contribution in [3.05, 3.63) is 100 Å². The van der Waals surface area contributed by atoms with Gasteiger partial charge in [-0.3, -0.25) is 13.9 Å². The second kappa shape index (κ2) is 12.9. The fourth-order valence-corrected chi connectivity index (χ4v) is 5.05. The van der Waals surface area contributed by atoms with Crippen molar-refractivity contribution < 1.29 is 18.0 Å². The summed E-state index contributed by atoms with van der Waals surface area (Å²) in [5, 5.41) is 3.68. The van der Waals surface area contributed by atoms with Crippen LogP contribution in [0.1, 0.15) is 18.1 Å². The number of halogens is 2. The molecule has 2 amide bonds. The fourth-order valence-electron chi connectivity index (χ4n) is 3.88. The number of amides is 2. The zero-order valence-electron chi connectivity index (χ0n) is 20.6. The average molecular weight is 563 g/mol. The predicted octanol–water partition coefficient (Wildman–Crippen LogP) is 4.54. The molecule has 0 aliphatic rings. The quantitative estimate of drug-likeness (QED) is 0.372. The number of hydrogen-bond acceptors (Lipinski definition) is 4. The van der Waals surface area contributed by atoms with Crippen LogP contribution in [0.25, 0.3) is 0 Å². The molecule has 1 N–H and O–H groups in total. The molecule has 0 radical (unpaired) electrons. The summed E-state index contributed by atoms with van der Waals surface area (Å²) in [6, 6.07) is 21.6. The second-order valence-electron chi connectivity index (χ2n) is 8.46. The van der Waals surface area contributed by atoms with E-state index in [0.717, 1.165) is 16.1 Å². The lowest BCUT2D eigenvalue weighted by molar-refractivity contribution is -0.140. The maximum absolute atomic E-state index is 13.9. The average Bonchev–Trinajstić information content (AvgIpc) is 2.86. The van der Waals surface area contributed by atoms with Crippen LogP contribution in [0.3, 0.4) is 0 Å². The van der Waals surface area contributed by atoms with E-state index >= 15 is 0 Å². The van der Waals surface area contributed by atoms with Crippen LogP contribution in [-0.4, -0.2) is 50.5 Å². The van der Waals surface area contributed by atoms with Crippen molar-refractivity contribution in [1.29, 1.82) is 0 Å². The lowest BCUT2D eigenvalue weighted by Crippen LogP contribution is -2.53. The minimum atomic E-state index is -3.84. The molecule has 3 aromatic carbocycles. The summed E-state index contributed by atoms with van der Waals surface area (Å²) in [4.78, 5) is 28.5. The molecule has 37 heavy (non-hydrogen) atoms. The number of carbonyl (C=O) groups is 2. The van der Waals surface area contributed by atoms with Gasteiger partial charge in [-0.25, -0.2) is 8.42 Å². The number of hydrogen-bond donors (Lipinski definition) is 1. The van der Waals surface area contributed by atoms with Crippen molar-refractivity contribution in [1.82, 2.24) is 10.2 Å². The van der Waals surface area contributed by atoms with Gasteiger partial charge in [0.25, 0.3) is 0 Å². The molecule has 0 spiro atoms. The highest BCUT2D eigenvalue weighted by Crippen LogP contribution is 2.24. The standard InChI is InChI=1S/C27H29Cl2N3O4S/c1-3-30-27(34)25(17-20-9-5-4-6-10-20)31(18-21-11-7-8-12-24(21)29)26(33)19-32(37(2,35)36)23-15-13-22(28)14-16-23/h4-16,25H,3,17-19H2,1-2H3,(H,30,34). The maximum atomic E-state index is 13.9. The summed E-state index contributed by atoms with van der Waals surface area (Å²) >= 11 is 12.4. The highest BCUT2D eigenvalue weighted by molar-refractivity contribution is 7.92. The number of likely N-dealkylation sites (N-methyl/N-ethyl adjacent to an activating group) is 1. The summed E-state index contributed by atoms with van der Waals surface area (Å²) in [6.45, 7) is 1.68. The normalized spacial score (nSPS) is 12.0. The van der Waals surface area contributed by atoms with E-state index in [1.807, 2.05) is 30.3 Å². The third-order valence-electron chi connectivity index (χ3n) is 5.71. The van der Waals surface area contributed by atoms with Crippen molar-refractivity contribution in [3.8, 4) is 0 Å². The SMILES string of the molecule is CCNC(=O)C(Cc1ccccc1)N(Cc1ccccc1Cl)C(=O)CN(c1ccc(Cl)cc1)S(C)(=O)=O. The van der Waals surface area contributed by atoms with E-state index in [0.29, 0.717) is 22.2 Å². The Morgan fingerprint density at radius 2 is 1.54 bits per heavy atom. The minimum Gasteiger partial charge on any atom is -0.355 e. The molecular formula is C27H29Cl2N3O4S. The van der Waals surface area contributed by atoms with Crippen LogP contribution in [0.4, 0.5) is 5.69 Å². The Balaban J connectivity index is 2.04. The van der Waals surface area contributed by atoms with Gasteiger partial charge in [0, 0.05) is 29.6 Å². The van der Waals surface area contributed by atoms with Crippen molar-refractivity contribution in [2.24, 2.45) is 0 Å². The monoisotopic (exact) mass is 561 g/mol.